The predicted octanol–water partition coefficient (Wildman–Crippen LogP) is 4.46. The molecule has 1 fully saturated rings. The van der Waals surface area contributed by atoms with E-state index in [1.807, 2.05) is 48.2 Å². The van der Waals surface area contributed by atoms with Gasteiger partial charge in [-0.15, -0.1) is 0 Å². The smallest absolute Gasteiger partial charge is 0.262 e. The molecular weight excluding hydrogens is 414 g/mol. The van der Waals surface area contributed by atoms with E-state index in [9.17, 15) is 9.59 Å². The van der Waals surface area contributed by atoms with Gasteiger partial charge in [0.15, 0.2) is 6.61 Å². The summed E-state index contributed by atoms with van der Waals surface area (Å²) in [5.41, 5.74) is 3.58. The fraction of sp³-hybridized carbons (Fsp3) is 0.417. The highest BCUT2D eigenvalue weighted by Gasteiger charge is 2.23. The summed E-state index contributed by atoms with van der Waals surface area (Å²) in [6.45, 7) is 10.3. The molecule has 0 bridgehead atoms. The molecular formula is C24H30ClN3O3. The molecule has 0 spiro atoms. The Morgan fingerprint density at radius 2 is 1.84 bits per heavy atom. The van der Waals surface area contributed by atoms with Gasteiger partial charge in [0.05, 0.1) is 16.4 Å². The number of halogens is 1. The topological polar surface area (TPSA) is 61.9 Å². The first-order valence-electron chi connectivity index (χ1n) is 10.6. The van der Waals surface area contributed by atoms with E-state index in [1.54, 1.807) is 6.92 Å². The maximum absolute atomic E-state index is 12.7. The second-order valence-corrected chi connectivity index (χ2v) is 8.57. The minimum atomic E-state index is -0.248. The quantitative estimate of drug-likeness (QED) is 0.716. The van der Waals surface area contributed by atoms with E-state index in [4.69, 9.17) is 16.3 Å². The first-order chi connectivity index (χ1) is 14.8. The normalized spacial score (nSPS) is 14.0. The molecule has 3 rings (SSSR count). The molecule has 7 heteroatoms. The van der Waals surface area contributed by atoms with Crippen LogP contribution in [0.25, 0.3) is 0 Å². The van der Waals surface area contributed by atoms with Gasteiger partial charge in [-0.2, -0.15) is 0 Å². The molecule has 1 saturated heterocycles. The number of hydrogen-bond donors (Lipinski definition) is 1. The van der Waals surface area contributed by atoms with Gasteiger partial charge < -0.3 is 19.9 Å². The molecule has 2 aromatic rings. The second-order valence-electron chi connectivity index (χ2n) is 8.16. The molecule has 31 heavy (non-hydrogen) atoms. The van der Waals surface area contributed by atoms with E-state index in [-0.39, 0.29) is 18.4 Å². The summed E-state index contributed by atoms with van der Waals surface area (Å²) in [4.78, 5) is 28.2. The van der Waals surface area contributed by atoms with Crippen LogP contribution in [0.1, 0.15) is 37.8 Å². The number of rotatable bonds is 6. The number of carbonyl (C=O) groups excluding carboxylic acids is 2. The van der Waals surface area contributed by atoms with E-state index in [1.165, 1.54) is 0 Å². The van der Waals surface area contributed by atoms with E-state index in [0.29, 0.717) is 42.8 Å². The maximum Gasteiger partial charge on any atom is 0.262 e. The molecule has 1 N–H and O–H groups in total. The third-order valence-corrected chi connectivity index (χ3v) is 5.76. The zero-order valence-corrected chi connectivity index (χ0v) is 19.3. The van der Waals surface area contributed by atoms with Crippen molar-refractivity contribution in [2.24, 2.45) is 0 Å². The van der Waals surface area contributed by atoms with Gasteiger partial charge in [-0.3, -0.25) is 9.59 Å². The molecule has 2 aromatic carbocycles. The second kappa shape index (κ2) is 10.1. The molecule has 0 saturated carbocycles. The number of carbonyl (C=O) groups is 2. The highest BCUT2D eigenvalue weighted by Crippen LogP contribution is 2.35. The number of anilines is 2. The van der Waals surface area contributed by atoms with Gasteiger partial charge in [0.1, 0.15) is 5.75 Å². The van der Waals surface area contributed by atoms with E-state index in [0.717, 1.165) is 22.6 Å². The van der Waals surface area contributed by atoms with E-state index < -0.39 is 0 Å². The van der Waals surface area contributed by atoms with Crippen LogP contribution in [-0.4, -0.2) is 49.5 Å². The average Bonchev–Trinajstić information content (AvgIpc) is 2.72. The van der Waals surface area contributed by atoms with Crippen molar-refractivity contribution in [1.82, 2.24) is 4.90 Å². The van der Waals surface area contributed by atoms with Crippen molar-refractivity contribution >= 4 is 34.8 Å². The van der Waals surface area contributed by atoms with Crippen molar-refractivity contribution in [3.05, 3.63) is 52.5 Å². The van der Waals surface area contributed by atoms with Crippen molar-refractivity contribution in [2.45, 2.75) is 33.6 Å². The monoisotopic (exact) mass is 443 g/mol. The van der Waals surface area contributed by atoms with Crippen LogP contribution >= 0.6 is 11.6 Å². The number of benzene rings is 2. The van der Waals surface area contributed by atoms with Gasteiger partial charge >= 0.3 is 0 Å². The van der Waals surface area contributed by atoms with Crippen LogP contribution in [0, 0.1) is 6.92 Å². The fourth-order valence-corrected chi connectivity index (χ4v) is 4.05. The number of para-hydroxylation sites is 1. The Morgan fingerprint density at radius 3 is 2.48 bits per heavy atom. The first kappa shape index (κ1) is 22.9. The Kier molecular flexibility index (Phi) is 7.44. The summed E-state index contributed by atoms with van der Waals surface area (Å²) in [6.07, 6.45) is 0. The Hall–Kier alpha value is -2.73. The number of aryl methyl sites for hydroxylation is 1. The minimum absolute atomic E-state index is 0.0707. The van der Waals surface area contributed by atoms with Gasteiger partial charge in [-0.25, -0.2) is 0 Å². The standard InChI is InChI=1S/C24H30ClN3O3/c1-16(2)19-9-8-17(3)14-22(19)31-15-23(30)26-21-7-5-6-20(25)24(21)28-12-10-27(11-13-28)18(4)29/h5-9,14,16H,10-13,15H2,1-4H3,(H,26,30). The number of amides is 2. The molecule has 1 heterocycles. The van der Waals surface area contributed by atoms with Gasteiger partial charge in [0.25, 0.3) is 5.91 Å². The molecule has 1 aliphatic heterocycles. The van der Waals surface area contributed by atoms with Crippen molar-refractivity contribution in [3.63, 3.8) is 0 Å². The molecule has 0 aromatic heterocycles. The van der Waals surface area contributed by atoms with Crippen LogP contribution < -0.4 is 15.0 Å². The van der Waals surface area contributed by atoms with Crippen molar-refractivity contribution in [2.75, 3.05) is 43.0 Å². The highest BCUT2D eigenvalue weighted by atomic mass is 35.5. The molecule has 0 aliphatic carbocycles. The lowest BCUT2D eigenvalue weighted by Crippen LogP contribution is -2.48. The zero-order chi connectivity index (χ0) is 22.5. The first-order valence-corrected chi connectivity index (χ1v) is 11.0. The largest absolute Gasteiger partial charge is 0.483 e. The van der Waals surface area contributed by atoms with Crippen LogP contribution in [0.5, 0.6) is 5.75 Å². The Labute approximate surface area is 189 Å². The molecule has 0 unspecified atom stereocenters. The summed E-state index contributed by atoms with van der Waals surface area (Å²) >= 11 is 6.49. The van der Waals surface area contributed by atoms with E-state index >= 15 is 0 Å². The van der Waals surface area contributed by atoms with Gasteiger partial charge in [-0.1, -0.05) is 43.6 Å². The van der Waals surface area contributed by atoms with Crippen molar-refractivity contribution < 1.29 is 14.3 Å². The summed E-state index contributed by atoms with van der Waals surface area (Å²) in [5.74, 6) is 0.854. The summed E-state index contributed by atoms with van der Waals surface area (Å²) in [7, 11) is 0. The lowest BCUT2D eigenvalue weighted by atomic mass is 10.0. The van der Waals surface area contributed by atoms with Crippen molar-refractivity contribution in [1.29, 1.82) is 0 Å². The number of hydrogen-bond acceptors (Lipinski definition) is 4. The molecule has 1 aliphatic rings. The van der Waals surface area contributed by atoms with E-state index in [2.05, 4.69) is 24.1 Å². The lowest BCUT2D eigenvalue weighted by molar-refractivity contribution is -0.129. The molecule has 166 valence electrons. The highest BCUT2D eigenvalue weighted by molar-refractivity contribution is 6.34. The predicted molar refractivity (Wildman–Crippen MR) is 125 cm³/mol. The number of piperazine rings is 1. The van der Waals surface area contributed by atoms with Crippen LogP contribution in [0.2, 0.25) is 5.02 Å². The van der Waals surface area contributed by atoms with Crippen molar-refractivity contribution in [3.8, 4) is 5.75 Å². The summed E-state index contributed by atoms with van der Waals surface area (Å²) in [6, 6.07) is 11.5. The number of ether oxygens (including phenoxy) is 1. The summed E-state index contributed by atoms with van der Waals surface area (Å²) in [5, 5.41) is 3.51. The fourth-order valence-electron chi connectivity index (χ4n) is 3.76. The Morgan fingerprint density at radius 1 is 1.13 bits per heavy atom. The molecule has 2 amide bonds. The van der Waals surface area contributed by atoms with Gasteiger partial charge in [-0.05, 0) is 42.2 Å². The number of nitrogens with zero attached hydrogens (tertiary/aromatic N) is 2. The third kappa shape index (κ3) is 5.70. The van der Waals surface area contributed by atoms with Crippen LogP contribution in [0.4, 0.5) is 11.4 Å². The summed E-state index contributed by atoms with van der Waals surface area (Å²) < 4.78 is 5.87. The lowest BCUT2D eigenvalue weighted by Gasteiger charge is -2.37. The Bertz CT molecular complexity index is 953. The SMILES string of the molecule is CC(=O)N1CCN(c2c(Cl)cccc2NC(=O)COc2cc(C)ccc2C(C)C)CC1. The van der Waals surface area contributed by atoms with Gasteiger partial charge in [0, 0.05) is 33.1 Å². The maximum atomic E-state index is 12.7. The zero-order valence-electron chi connectivity index (χ0n) is 18.6. The molecule has 0 radical (unpaired) electrons. The van der Waals surface area contributed by atoms with Crippen LogP contribution in [0.15, 0.2) is 36.4 Å². The molecule has 0 atom stereocenters. The molecule has 6 nitrogen and oxygen atoms in total. The average molecular weight is 444 g/mol. The van der Waals surface area contributed by atoms with Gasteiger partial charge in [0.2, 0.25) is 5.91 Å². The minimum Gasteiger partial charge on any atom is -0.483 e. The number of nitrogens with one attached hydrogen (secondary N) is 1. The Balaban J connectivity index is 1.70. The van der Waals surface area contributed by atoms with Crippen LogP contribution in [-0.2, 0) is 9.59 Å². The van der Waals surface area contributed by atoms with Crippen LogP contribution in [0.3, 0.4) is 0 Å². The third-order valence-electron chi connectivity index (χ3n) is 5.45.